The number of hydrogen-bond donors (Lipinski definition) is 1. The van der Waals surface area contributed by atoms with Gasteiger partial charge in [-0.15, -0.1) is 0 Å². The van der Waals surface area contributed by atoms with Gasteiger partial charge in [0, 0.05) is 6.42 Å². The predicted octanol–water partition coefficient (Wildman–Crippen LogP) is 3.57. The zero-order valence-corrected chi connectivity index (χ0v) is 10.9. The predicted molar refractivity (Wildman–Crippen MR) is 77.0 cm³/mol. The molecule has 0 saturated carbocycles. The van der Waals surface area contributed by atoms with Crippen molar-refractivity contribution in [3.05, 3.63) is 65.9 Å². The molecule has 0 saturated heterocycles. The monoisotopic (exact) mass is 266 g/mol. The lowest BCUT2D eigenvalue weighted by Gasteiger charge is -2.16. The fraction of sp³-hybridized carbons (Fsp3) is 0.118. The van der Waals surface area contributed by atoms with Gasteiger partial charge in [-0.2, -0.15) is 0 Å². The topological polar surface area (TPSA) is 46.5 Å². The third-order valence-corrected chi connectivity index (χ3v) is 3.35. The van der Waals surface area contributed by atoms with Gasteiger partial charge in [0.05, 0.1) is 6.61 Å². The van der Waals surface area contributed by atoms with Crippen LogP contribution in [0.15, 0.2) is 60.4 Å². The molecule has 0 fully saturated rings. The van der Waals surface area contributed by atoms with Gasteiger partial charge in [0.15, 0.2) is 0 Å². The van der Waals surface area contributed by atoms with E-state index in [1.165, 1.54) is 0 Å². The Bertz CT molecular complexity index is 654. The number of hydrogen-bond acceptors (Lipinski definition) is 3. The van der Waals surface area contributed by atoms with Crippen LogP contribution in [0.1, 0.15) is 12.0 Å². The zero-order chi connectivity index (χ0) is 13.9. The summed E-state index contributed by atoms with van der Waals surface area (Å²) < 4.78 is 4.97. The van der Waals surface area contributed by atoms with Crippen LogP contribution in [-0.2, 0) is 9.53 Å². The number of cyclic esters (lactones) is 1. The molecule has 2 aromatic rings. The quantitative estimate of drug-likeness (QED) is 0.845. The van der Waals surface area contributed by atoms with Gasteiger partial charge in [-0.1, -0.05) is 54.6 Å². The van der Waals surface area contributed by atoms with Crippen LogP contribution in [0.4, 0.5) is 0 Å². The SMILES string of the molecule is O=C1OCCC(O)=C1c1ccc(-c2ccccc2)cc1. The Morgan fingerprint density at radius 2 is 1.45 bits per heavy atom. The summed E-state index contributed by atoms with van der Waals surface area (Å²) in [6.45, 7) is 0.246. The number of carbonyl (C=O) groups is 1. The lowest BCUT2D eigenvalue weighted by Crippen LogP contribution is -2.16. The molecule has 1 heterocycles. The number of ether oxygens (including phenoxy) is 1. The molecule has 3 heteroatoms. The molecule has 0 aliphatic carbocycles. The Labute approximate surface area is 117 Å². The van der Waals surface area contributed by atoms with E-state index in [1.54, 1.807) is 0 Å². The molecule has 1 N–H and O–H groups in total. The second-order valence-electron chi connectivity index (χ2n) is 4.65. The van der Waals surface area contributed by atoms with Gasteiger partial charge in [-0.3, -0.25) is 0 Å². The molecule has 0 bridgehead atoms. The maximum Gasteiger partial charge on any atom is 0.342 e. The van der Waals surface area contributed by atoms with Crippen molar-refractivity contribution >= 4 is 11.5 Å². The van der Waals surface area contributed by atoms with E-state index in [4.69, 9.17) is 4.74 Å². The summed E-state index contributed by atoms with van der Waals surface area (Å²) in [6, 6.07) is 17.5. The first-order chi connectivity index (χ1) is 9.75. The molecule has 3 rings (SSSR count). The molecule has 0 amide bonds. The van der Waals surface area contributed by atoms with Gasteiger partial charge in [0.1, 0.15) is 11.3 Å². The highest BCUT2D eigenvalue weighted by atomic mass is 16.5. The summed E-state index contributed by atoms with van der Waals surface area (Å²) in [5, 5.41) is 9.86. The fourth-order valence-corrected chi connectivity index (χ4v) is 2.30. The van der Waals surface area contributed by atoms with Crippen molar-refractivity contribution in [2.45, 2.75) is 6.42 Å². The fourth-order valence-electron chi connectivity index (χ4n) is 2.30. The van der Waals surface area contributed by atoms with Crippen LogP contribution in [0.2, 0.25) is 0 Å². The second-order valence-corrected chi connectivity index (χ2v) is 4.65. The standard InChI is InChI=1S/C17H14O3/c18-15-10-11-20-17(19)16(15)14-8-6-13(7-9-14)12-4-2-1-3-5-12/h1-9,18H,10-11H2. The number of carbonyl (C=O) groups excluding carboxylic acids is 1. The molecule has 0 radical (unpaired) electrons. The van der Waals surface area contributed by atoms with Crippen molar-refractivity contribution in [3.8, 4) is 11.1 Å². The van der Waals surface area contributed by atoms with Crippen molar-refractivity contribution in [1.82, 2.24) is 0 Å². The van der Waals surface area contributed by atoms with Crippen LogP contribution in [-0.4, -0.2) is 17.7 Å². The Morgan fingerprint density at radius 3 is 2.10 bits per heavy atom. The van der Waals surface area contributed by atoms with E-state index >= 15 is 0 Å². The van der Waals surface area contributed by atoms with E-state index in [0.29, 0.717) is 12.0 Å². The number of aliphatic hydroxyl groups excluding tert-OH is 1. The van der Waals surface area contributed by atoms with Crippen molar-refractivity contribution in [2.75, 3.05) is 6.61 Å². The summed E-state index contributed by atoms with van der Waals surface area (Å²) in [4.78, 5) is 11.7. The van der Waals surface area contributed by atoms with Crippen molar-refractivity contribution in [3.63, 3.8) is 0 Å². The lowest BCUT2D eigenvalue weighted by atomic mass is 9.98. The minimum atomic E-state index is -0.457. The highest BCUT2D eigenvalue weighted by Crippen LogP contribution is 2.27. The van der Waals surface area contributed by atoms with Crippen molar-refractivity contribution in [1.29, 1.82) is 0 Å². The van der Waals surface area contributed by atoms with Gasteiger partial charge < -0.3 is 9.84 Å². The van der Waals surface area contributed by atoms with Gasteiger partial charge in [0.25, 0.3) is 0 Å². The molecule has 0 atom stereocenters. The highest BCUT2D eigenvalue weighted by Gasteiger charge is 2.23. The van der Waals surface area contributed by atoms with E-state index in [2.05, 4.69) is 0 Å². The number of aliphatic hydroxyl groups is 1. The van der Waals surface area contributed by atoms with E-state index in [-0.39, 0.29) is 17.9 Å². The number of rotatable bonds is 2. The Kier molecular flexibility index (Phi) is 3.25. The first kappa shape index (κ1) is 12.5. The van der Waals surface area contributed by atoms with Crippen LogP contribution in [0.25, 0.3) is 16.7 Å². The van der Waals surface area contributed by atoms with Gasteiger partial charge in [-0.05, 0) is 16.7 Å². The Morgan fingerprint density at radius 1 is 0.850 bits per heavy atom. The summed E-state index contributed by atoms with van der Waals surface area (Å²) >= 11 is 0. The van der Waals surface area contributed by atoms with Crippen LogP contribution >= 0.6 is 0 Å². The maximum atomic E-state index is 11.7. The van der Waals surface area contributed by atoms with Crippen LogP contribution in [0, 0.1) is 0 Å². The average molecular weight is 266 g/mol. The molecule has 3 nitrogen and oxygen atoms in total. The largest absolute Gasteiger partial charge is 0.511 e. The summed E-state index contributed by atoms with van der Waals surface area (Å²) in [5.74, 6) is -0.352. The van der Waals surface area contributed by atoms with E-state index in [9.17, 15) is 9.90 Å². The Hall–Kier alpha value is -2.55. The first-order valence-corrected chi connectivity index (χ1v) is 6.51. The first-order valence-electron chi connectivity index (χ1n) is 6.51. The lowest BCUT2D eigenvalue weighted by molar-refractivity contribution is -0.137. The average Bonchev–Trinajstić information content (AvgIpc) is 2.49. The molecule has 0 aromatic heterocycles. The van der Waals surface area contributed by atoms with Crippen LogP contribution in [0.3, 0.4) is 0 Å². The van der Waals surface area contributed by atoms with Crippen molar-refractivity contribution < 1.29 is 14.6 Å². The highest BCUT2D eigenvalue weighted by molar-refractivity contribution is 6.17. The van der Waals surface area contributed by atoms with Gasteiger partial charge >= 0.3 is 5.97 Å². The smallest absolute Gasteiger partial charge is 0.342 e. The van der Waals surface area contributed by atoms with Crippen LogP contribution in [0.5, 0.6) is 0 Å². The maximum absolute atomic E-state index is 11.7. The van der Waals surface area contributed by atoms with E-state index < -0.39 is 5.97 Å². The van der Waals surface area contributed by atoms with Gasteiger partial charge in [-0.25, -0.2) is 4.79 Å². The zero-order valence-electron chi connectivity index (χ0n) is 10.9. The molecule has 1 aliphatic rings. The molecular weight excluding hydrogens is 252 g/mol. The van der Waals surface area contributed by atoms with E-state index in [1.807, 2.05) is 54.6 Å². The third kappa shape index (κ3) is 2.30. The third-order valence-electron chi connectivity index (χ3n) is 3.35. The normalized spacial score (nSPS) is 15.1. The minimum Gasteiger partial charge on any atom is -0.511 e. The Balaban J connectivity index is 1.96. The second kappa shape index (κ2) is 5.21. The molecule has 0 unspecified atom stereocenters. The minimum absolute atomic E-state index is 0.105. The molecule has 2 aromatic carbocycles. The van der Waals surface area contributed by atoms with Crippen molar-refractivity contribution in [2.24, 2.45) is 0 Å². The molecule has 0 spiro atoms. The van der Waals surface area contributed by atoms with E-state index in [0.717, 1.165) is 11.1 Å². The van der Waals surface area contributed by atoms with Gasteiger partial charge in [0.2, 0.25) is 0 Å². The summed E-state index contributed by atoms with van der Waals surface area (Å²) in [7, 11) is 0. The molecule has 100 valence electrons. The molecule has 1 aliphatic heterocycles. The molecular formula is C17H14O3. The summed E-state index contributed by atoms with van der Waals surface area (Å²) in [6.07, 6.45) is 0.376. The van der Waals surface area contributed by atoms with Crippen LogP contribution < -0.4 is 0 Å². The molecule has 20 heavy (non-hydrogen) atoms. The number of esters is 1. The number of benzene rings is 2. The summed E-state index contributed by atoms with van der Waals surface area (Å²) in [5.41, 5.74) is 3.14.